The first-order valence-electron chi connectivity index (χ1n) is 4.11. The topological polar surface area (TPSA) is 74.6 Å². The molecule has 0 aliphatic carbocycles. The molecule has 0 unspecified atom stereocenters. The first-order valence-corrected chi connectivity index (χ1v) is 5.51. The van der Waals surface area contributed by atoms with E-state index in [1.807, 2.05) is 0 Å². The summed E-state index contributed by atoms with van der Waals surface area (Å²) >= 11 is 0. The second-order valence-electron chi connectivity index (χ2n) is 2.51. The minimum absolute atomic E-state index is 0. The second kappa shape index (κ2) is 12.9. The van der Waals surface area contributed by atoms with Gasteiger partial charge in [0.2, 0.25) is 0 Å². The summed E-state index contributed by atoms with van der Waals surface area (Å²) in [6.45, 7) is 4.49. The molecule has 0 aromatic heterocycles. The van der Waals surface area contributed by atoms with Gasteiger partial charge in [-0.2, -0.15) is 8.42 Å². The fraction of sp³-hybridized carbons (Fsp3) is 1.00. The summed E-state index contributed by atoms with van der Waals surface area (Å²) < 4.78 is 31.6. The third-order valence-electron chi connectivity index (χ3n) is 1.21. The fourth-order valence-corrected chi connectivity index (χ4v) is 0.677. The van der Waals surface area contributed by atoms with E-state index in [4.69, 9.17) is 17.5 Å². The standard InChI is InChI=1S/C7H16.Na.H2O4S.H/c1-3-5-7-6-4-2;;1-5(2,3)4;/h3-7H2,1-2H3;;(H2,1,2,3,4);. The van der Waals surface area contributed by atoms with Gasteiger partial charge >= 0.3 is 40.0 Å². The summed E-state index contributed by atoms with van der Waals surface area (Å²) in [6.07, 6.45) is 7.01. The van der Waals surface area contributed by atoms with Crippen LogP contribution in [0.15, 0.2) is 0 Å². The number of hydrogen-bond acceptors (Lipinski definition) is 2. The van der Waals surface area contributed by atoms with Gasteiger partial charge in [-0.1, -0.05) is 46.0 Å². The molecule has 0 aliphatic heterocycles. The summed E-state index contributed by atoms with van der Waals surface area (Å²) in [6, 6.07) is 0. The van der Waals surface area contributed by atoms with Crippen molar-refractivity contribution in [3.05, 3.63) is 0 Å². The van der Waals surface area contributed by atoms with E-state index in [1.54, 1.807) is 0 Å². The Kier molecular flexibility index (Phi) is 19.2. The molecule has 0 fully saturated rings. The van der Waals surface area contributed by atoms with Crippen LogP contribution in [-0.4, -0.2) is 47.1 Å². The van der Waals surface area contributed by atoms with Gasteiger partial charge in [0.05, 0.1) is 0 Å². The van der Waals surface area contributed by atoms with Crippen molar-refractivity contribution in [2.24, 2.45) is 0 Å². The van der Waals surface area contributed by atoms with Crippen molar-refractivity contribution >= 4 is 40.0 Å². The van der Waals surface area contributed by atoms with Gasteiger partial charge in [-0.05, 0) is 0 Å². The summed E-state index contributed by atoms with van der Waals surface area (Å²) in [5.74, 6) is 0. The Morgan fingerprint density at radius 2 is 1.15 bits per heavy atom. The Bertz CT molecular complexity index is 155. The summed E-state index contributed by atoms with van der Waals surface area (Å²) in [5, 5.41) is 0. The van der Waals surface area contributed by atoms with E-state index in [9.17, 15) is 0 Å². The fourth-order valence-electron chi connectivity index (χ4n) is 0.677. The third kappa shape index (κ3) is 64.1. The normalized spacial score (nSPS) is 9.54. The average Bonchev–Trinajstić information content (AvgIpc) is 1.85. The Morgan fingerprint density at radius 1 is 0.923 bits per heavy atom. The Morgan fingerprint density at radius 3 is 1.31 bits per heavy atom. The maximum absolute atomic E-state index is 8.74. The molecule has 0 bridgehead atoms. The summed E-state index contributed by atoms with van der Waals surface area (Å²) in [5.41, 5.74) is 0. The van der Waals surface area contributed by atoms with Crippen molar-refractivity contribution in [1.82, 2.24) is 0 Å². The Labute approximate surface area is 103 Å². The van der Waals surface area contributed by atoms with E-state index in [1.165, 1.54) is 32.1 Å². The van der Waals surface area contributed by atoms with Crippen LogP contribution in [0.3, 0.4) is 0 Å². The van der Waals surface area contributed by atoms with Crippen LogP contribution in [0.1, 0.15) is 46.0 Å². The molecule has 0 aliphatic rings. The molecule has 78 valence electrons. The van der Waals surface area contributed by atoms with Crippen molar-refractivity contribution in [3.8, 4) is 0 Å². The summed E-state index contributed by atoms with van der Waals surface area (Å²) in [7, 11) is -4.67. The number of rotatable bonds is 4. The zero-order chi connectivity index (χ0) is 10.0. The van der Waals surface area contributed by atoms with Crippen molar-refractivity contribution < 1.29 is 17.5 Å². The molecule has 4 nitrogen and oxygen atoms in total. The zero-order valence-electron chi connectivity index (χ0n) is 7.65. The molecule has 0 rings (SSSR count). The molecule has 0 heterocycles. The van der Waals surface area contributed by atoms with Crippen molar-refractivity contribution in [2.75, 3.05) is 0 Å². The van der Waals surface area contributed by atoms with Gasteiger partial charge in [0.1, 0.15) is 0 Å². The van der Waals surface area contributed by atoms with E-state index in [0.717, 1.165) is 0 Å². The van der Waals surface area contributed by atoms with Crippen LogP contribution < -0.4 is 0 Å². The summed E-state index contributed by atoms with van der Waals surface area (Å²) in [4.78, 5) is 0. The van der Waals surface area contributed by atoms with E-state index < -0.39 is 10.4 Å². The first-order chi connectivity index (χ1) is 5.41. The molecule has 0 atom stereocenters. The van der Waals surface area contributed by atoms with Gasteiger partial charge in [0.15, 0.2) is 0 Å². The molecule has 0 saturated heterocycles. The second-order valence-corrected chi connectivity index (χ2v) is 3.40. The Hall–Kier alpha value is 0.870. The molecule has 13 heavy (non-hydrogen) atoms. The van der Waals surface area contributed by atoms with Crippen LogP contribution in [0.4, 0.5) is 0 Å². The predicted octanol–water partition coefficient (Wildman–Crippen LogP) is 1.68. The van der Waals surface area contributed by atoms with Crippen LogP contribution in [0.25, 0.3) is 0 Å². The zero-order valence-corrected chi connectivity index (χ0v) is 8.47. The van der Waals surface area contributed by atoms with Gasteiger partial charge in [-0.3, -0.25) is 9.11 Å². The Balaban J connectivity index is -0.000000150. The van der Waals surface area contributed by atoms with Gasteiger partial charge in [-0.15, -0.1) is 0 Å². The van der Waals surface area contributed by atoms with Crippen LogP contribution in [0.5, 0.6) is 0 Å². The molecule has 0 aromatic carbocycles. The van der Waals surface area contributed by atoms with E-state index in [-0.39, 0.29) is 29.6 Å². The van der Waals surface area contributed by atoms with Gasteiger partial charge in [-0.25, -0.2) is 0 Å². The van der Waals surface area contributed by atoms with E-state index >= 15 is 0 Å². The monoisotopic (exact) mass is 222 g/mol. The van der Waals surface area contributed by atoms with Gasteiger partial charge < -0.3 is 0 Å². The van der Waals surface area contributed by atoms with E-state index in [0.29, 0.717) is 0 Å². The van der Waals surface area contributed by atoms with Crippen molar-refractivity contribution in [1.29, 1.82) is 0 Å². The predicted molar refractivity (Wildman–Crippen MR) is 55.8 cm³/mol. The molecule has 0 saturated carbocycles. The molecular weight excluding hydrogens is 203 g/mol. The molecular formula is C7H19NaO4S. The molecule has 0 amide bonds. The van der Waals surface area contributed by atoms with E-state index in [2.05, 4.69) is 13.8 Å². The van der Waals surface area contributed by atoms with Crippen LogP contribution in [0.2, 0.25) is 0 Å². The number of hydrogen-bond donors (Lipinski definition) is 2. The molecule has 6 heteroatoms. The molecule has 0 radical (unpaired) electrons. The minimum atomic E-state index is -4.67. The third-order valence-corrected chi connectivity index (χ3v) is 1.21. The molecule has 0 spiro atoms. The quantitative estimate of drug-likeness (QED) is 0.431. The van der Waals surface area contributed by atoms with Gasteiger partial charge in [0.25, 0.3) is 0 Å². The SMILES string of the molecule is CCCCCCC.O=S(=O)(O)O.[NaH]. The average molecular weight is 222 g/mol. The van der Waals surface area contributed by atoms with Crippen LogP contribution in [0, 0.1) is 0 Å². The molecule has 0 aromatic rings. The van der Waals surface area contributed by atoms with Crippen molar-refractivity contribution in [3.63, 3.8) is 0 Å². The van der Waals surface area contributed by atoms with Crippen molar-refractivity contribution in [2.45, 2.75) is 46.0 Å². The molecule has 2 N–H and O–H groups in total. The van der Waals surface area contributed by atoms with Crippen LogP contribution in [-0.2, 0) is 10.4 Å². The van der Waals surface area contributed by atoms with Crippen LogP contribution >= 0.6 is 0 Å². The maximum atomic E-state index is 8.74. The first kappa shape index (κ1) is 19.4. The van der Waals surface area contributed by atoms with Gasteiger partial charge in [0, 0.05) is 0 Å². The number of unbranched alkanes of at least 4 members (excludes halogenated alkanes) is 4.